The maximum Gasteiger partial charge on any atom is 0.274 e. The summed E-state index contributed by atoms with van der Waals surface area (Å²) in [6, 6.07) is 10.5. The molecule has 1 aromatic heterocycles. The highest BCUT2D eigenvalue weighted by Gasteiger charge is 2.28. The van der Waals surface area contributed by atoms with Crippen LogP contribution in [0.4, 0.5) is 5.69 Å². The lowest BCUT2D eigenvalue weighted by Gasteiger charge is -2.25. The van der Waals surface area contributed by atoms with Crippen molar-refractivity contribution < 1.29 is 17.9 Å². The Morgan fingerprint density at radius 2 is 1.88 bits per heavy atom. The highest BCUT2D eigenvalue weighted by Crippen LogP contribution is 2.20. The number of carbonyl (C=O) groups excluding carboxylic acids is 1. The number of aromatic amines is 1. The Kier molecular flexibility index (Phi) is 4.70. The smallest absolute Gasteiger partial charge is 0.274 e. The second kappa shape index (κ2) is 6.76. The summed E-state index contributed by atoms with van der Waals surface area (Å²) >= 11 is 0. The summed E-state index contributed by atoms with van der Waals surface area (Å²) in [5.41, 5.74) is 0.961. The summed E-state index contributed by atoms with van der Waals surface area (Å²) in [5.74, 6) is -0.301. The zero-order valence-electron chi connectivity index (χ0n) is 13.3. The Bertz CT molecular complexity index is 811. The molecule has 7 nitrogen and oxygen atoms in total. The van der Waals surface area contributed by atoms with Crippen molar-refractivity contribution in [1.29, 1.82) is 0 Å². The molecule has 1 saturated heterocycles. The molecule has 1 amide bonds. The van der Waals surface area contributed by atoms with Gasteiger partial charge in [-0.2, -0.15) is 4.31 Å². The Morgan fingerprint density at radius 1 is 1.21 bits per heavy atom. The lowest BCUT2D eigenvalue weighted by Crippen LogP contribution is -2.40. The molecule has 24 heavy (non-hydrogen) atoms. The lowest BCUT2D eigenvalue weighted by atomic mass is 10.3. The van der Waals surface area contributed by atoms with Gasteiger partial charge in [-0.1, -0.05) is 18.2 Å². The zero-order valence-corrected chi connectivity index (χ0v) is 14.1. The van der Waals surface area contributed by atoms with Crippen LogP contribution in [0.1, 0.15) is 10.5 Å². The third kappa shape index (κ3) is 3.21. The highest BCUT2D eigenvalue weighted by molar-refractivity contribution is 7.89. The van der Waals surface area contributed by atoms with Crippen molar-refractivity contribution in [3.8, 4) is 0 Å². The lowest BCUT2D eigenvalue weighted by molar-refractivity contribution is 0.0730. The molecule has 1 aliphatic heterocycles. The van der Waals surface area contributed by atoms with Gasteiger partial charge in [0, 0.05) is 32.0 Å². The van der Waals surface area contributed by atoms with Crippen LogP contribution in [0.5, 0.6) is 0 Å². The fourth-order valence-corrected chi connectivity index (χ4v) is 3.94. The number of morpholine rings is 1. The molecule has 1 fully saturated rings. The minimum atomic E-state index is -3.61. The van der Waals surface area contributed by atoms with Crippen LogP contribution in [-0.4, -0.2) is 57.0 Å². The molecule has 128 valence electrons. The van der Waals surface area contributed by atoms with Crippen LogP contribution in [0.3, 0.4) is 0 Å². The van der Waals surface area contributed by atoms with Gasteiger partial charge < -0.3 is 14.6 Å². The van der Waals surface area contributed by atoms with Gasteiger partial charge in [0.05, 0.1) is 13.2 Å². The Morgan fingerprint density at radius 3 is 2.54 bits per heavy atom. The van der Waals surface area contributed by atoms with Crippen molar-refractivity contribution in [3.05, 3.63) is 48.3 Å². The minimum absolute atomic E-state index is 0.0919. The quantitative estimate of drug-likeness (QED) is 0.902. The first-order valence-corrected chi connectivity index (χ1v) is 9.03. The predicted molar refractivity (Wildman–Crippen MR) is 89.5 cm³/mol. The van der Waals surface area contributed by atoms with Crippen molar-refractivity contribution in [1.82, 2.24) is 9.29 Å². The van der Waals surface area contributed by atoms with E-state index in [1.165, 1.54) is 21.5 Å². The maximum absolute atomic E-state index is 12.6. The number of benzene rings is 1. The van der Waals surface area contributed by atoms with E-state index in [9.17, 15) is 13.2 Å². The number of amides is 1. The number of rotatable bonds is 4. The number of sulfonamides is 1. The zero-order chi connectivity index (χ0) is 17.2. The third-order valence-corrected chi connectivity index (χ3v) is 5.82. The van der Waals surface area contributed by atoms with Gasteiger partial charge in [0.25, 0.3) is 5.91 Å². The molecule has 0 spiro atoms. The topological polar surface area (TPSA) is 82.7 Å². The summed E-state index contributed by atoms with van der Waals surface area (Å²) < 4.78 is 31.7. The van der Waals surface area contributed by atoms with Crippen molar-refractivity contribution in [3.63, 3.8) is 0 Å². The highest BCUT2D eigenvalue weighted by atomic mass is 32.2. The fourth-order valence-electron chi connectivity index (χ4n) is 2.53. The van der Waals surface area contributed by atoms with E-state index in [1.807, 2.05) is 30.3 Å². The van der Waals surface area contributed by atoms with Crippen LogP contribution < -0.4 is 4.90 Å². The predicted octanol–water partition coefficient (Wildman–Crippen LogP) is 1.31. The molecular weight excluding hydrogens is 330 g/mol. The van der Waals surface area contributed by atoms with Gasteiger partial charge in [0.1, 0.15) is 10.6 Å². The number of hydrogen-bond acceptors (Lipinski definition) is 4. The molecule has 0 aliphatic carbocycles. The van der Waals surface area contributed by atoms with Gasteiger partial charge in [0.2, 0.25) is 10.0 Å². The van der Waals surface area contributed by atoms with E-state index in [2.05, 4.69) is 4.98 Å². The number of hydrogen-bond donors (Lipinski definition) is 1. The van der Waals surface area contributed by atoms with Crippen LogP contribution in [0, 0.1) is 0 Å². The number of H-pyrrole nitrogens is 1. The molecule has 1 N–H and O–H groups in total. The monoisotopic (exact) mass is 349 g/mol. The summed E-state index contributed by atoms with van der Waals surface area (Å²) in [5, 5.41) is 0. The first-order valence-electron chi connectivity index (χ1n) is 7.59. The number of carbonyl (C=O) groups is 1. The van der Waals surface area contributed by atoms with Crippen LogP contribution in [0.2, 0.25) is 0 Å². The number of ether oxygens (including phenoxy) is 1. The van der Waals surface area contributed by atoms with E-state index in [-0.39, 0.29) is 16.5 Å². The van der Waals surface area contributed by atoms with Crippen LogP contribution in [-0.2, 0) is 14.8 Å². The second-order valence-electron chi connectivity index (χ2n) is 5.47. The maximum atomic E-state index is 12.6. The van der Waals surface area contributed by atoms with Crippen molar-refractivity contribution in [2.24, 2.45) is 0 Å². The number of nitrogens with zero attached hydrogens (tertiary/aromatic N) is 2. The standard InChI is InChI=1S/C16H19N3O4S/c1-18(13-5-3-2-4-6-13)16(20)15-11-14(12-17-15)24(21,22)19-7-9-23-10-8-19/h2-6,11-12,17H,7-10H2,1H3. The average molecular weight is 349 g/mol. The van der Waals surface area contributed by atoms with Gasteiger partial charge in [-0.25, -0.2) is 8.42 Å². The molecule has 8 heteroatoms. The molecule has 1 aliphatic rings. The number of anilines is 1. The number of para-hydroxylation sites is 1. The van der Waals surface area contributed by atoms with E-state index in [1.54, 1.807) is 7.05 Å². The first-order chi connectivity index (χ1) is 11.5. The Balaban J connectivity index is 1.81. The van der Waals surface area contributed by atoms with E-state index in [0.29, 0.717) is 26.3 Å². The average Bonchev–Trinajstić information content (AvgIpc) is 3.13. The van der Waals surface area contributed by atoms with Gasteiger partial charge in [-0.15, -0.1) is 0 Å². The van der Waals surface area contributed by atoms with Gasteiger partial charge >= 0.3 is 0 Å². The number of aromatic nitrogens is 1. The number of nitrogens with one attached hydrogen (secondary N) is 1. The molecular formula is C16H19N3O4S. The largest absolute Gasteiger partial charge is 0.379 e. The molecule has 2 heterocycles. The normalized spacial score (nSPS) is 16.0. The summed E-state index contributed by atoms with van der Waals surface area (Å²) in [6.07, 6.45) is 1.36. The fraction of sp³-hybridized carbons (Fsp3) is 0.312. The minimum Gasteiger partial charge on any atom is -0.379 e. The Labute approximate surface area is 140 Å². The molecule has 1 aromatic carbocycles. The van der Waals surface area contributed by atoms with E-state index >= 15 is 0 Å². The first kappa shape index (κ1) is 16.7. The van der Waals surface area contributed by atoms with Crippen LogP contribution >= 0.6 is 0 Å². The van der Waals surface area contributed by atoms with Crippen molar-refractivity contribution in [2.75, 3.05) is 38.3 Å². The SMILES string of the molecule is CN(C(=O)c1cc(S(=O)(=O)N2CCOCC2)c[nH]1)c1ccccc1. The molecule has 0 radical (unpaired) electrons. The molecule has 0 bridgehead atoms. The van der Waals surface area contributed by atoms with Crippen molar-refractivity contribution in [2.45, 2.75) is 4.90 Å². The van der Waals surface area contributed by atoms with Gasteiger partial charge in [-0.05, 0) is 18.2 Å². The van der Waals surface area contributed by atoms with Gasteiger partial charge in [-0.3, -0.25) is 4.79 Å². The van der Waals surface area contributed by atoms with Crippen LogP contribution in [0.15, 0.2) is 47.5 Å². The molecule has 0 atom stereocenters. The van der Waals surface area contributed by atoms with E-state index in [4.69, 9.17) is 4.74 Å². The summed E-state index contributed by atoms with van der Waals surface area (Å²) in [7, 11) is -1.97. The molecule has 0 unspecified atom stereocenters. The summed E-state index contributed by atoms with van der Waals surface area (Å²) in [6.45, 7) is 1.40. The second-order valence-corrected chi connectivity index (χ2v) is 7.40. The summed E-state index contributed by atoms with van der Waals surface area (Å²) in [4.78, 5) is 16.9. The van der Waals surface area contributed by atoms with Crippen LogP contribution in [0.25, 0.3) is 0 Å². The third-order valence-electron chi connectivity index (χ3n) is 3.94. The van der Waals surface area contributed by atoms with E-state index < -0.39 is 10.0 Å². The molecule has 2 aromatic rings. The van der Waals surface area contributed by atoms with E-state index in [0.717, 1.165) is 5.69 Å². The molecule has 0 saturated carbocycles. The molecule has 3 rings (SSSR count). The van der Waals surface area contributed by atoms with Gasteiger partial charge in [0.15, 0.2) is 0 Å². The Hall–Kier alpha value is -2.16. The van der Waals surface area contributed by atoms with Crippen molar-refractivity contribution >= 4 is 21.6 Å².